The Morgan fingerprint density at radius 1 is 1.76 bits per heavy atom. The SMILES string of the molecule is CNC(=O)C1CCCN(Cc2cnc(N)s2)C1. The van der Waals surface area contributed by atoms with Gasteiger partial charge in [-0.25, -0.2) is 4.98 Å². The lowest BCUT2D eigenvalue weighted by molar-refractivity contribution is -0.126. The molecule has 5 nitrogen and oxygen atoms in total. The molecule has 3 N–H and O–H groups in total. The first kappa shape index (κ1) is 12.3. The van der Waals surface area contributed by atoms with Gasteiger partial charge in [0.25, 0.3) is 0 Å². The van der Waals surface area contributed by atoms with Gasteiger partial charge in [0.1, 0.15) is 0 Å². The van der Waals surface area contributed by atoms with Gasteiger partial charge in [-0.05, 0) is 19.4 Å². The molecule has 1 fully saturated rings. The van der Waals surface area contributed by atoms with Gasteiger partial charge in [-0.2, -0.15) is 0 Å². The predicted octanol–water partition coefficient (Wildman–Crippen LogP) is 0.683. The molecule has 2 rings (SSSR count). The topological polar surface area (TPSA) is 71.2 Å². The smallest absolute Gasteiger partial charge is 0.224 e. The third-order valence-corrected chi connectivity index (χ3v) is 3.88. The van der Waals surface area contributed by atoms with Crippen molar-refractivity contribution in [3.8, 4) is 0 Å². The van der Waals surface area contributed by atoms with Crippen LogP contribution >= 0.6 is 11.3 Å². The maximum Gasteiger partial charge on any atom is 0.224 e. The zero-order valence-corrected chi connectivity index (χ0v) is 10.8. The summed E-state index contributed by atoms with van der Waals surface area (Å²) in [5, 5.41) is 3.34. The van der Waals surface area contributed by atoms with Crippen molar-refractivity contribution in [2.45, 2.75) is 19.4 Å². The van der Waals surface area contributed by atoms with Crippen molar-refractivity contribution in [3.05, 3.63) is 11.1 Å². The Morgan fingerprint density at radius 2 is 2.59 bits per heavy atom. The molecule has 0 aromatic carbocycles. The molecule has 94 valence electrons. The maximum atomic E-state index is 11.6. The van der Waals surface area contributed by atoms with E-state index in [4.69, 9.17) is 5.73 Å². The number of hydrogen-bond acceptors (Lipinski definition) is 5. The number of nitrogen functional groups attached to an aromatic ring is 1. The van der Waals surface area contributed by atoms with Gasteiger partial charge in [-0.15, -0.1) is 11.3 Å². The minimum Gasteiger partial charge on any atom is -0.375 e. The van der Waals surface area contributed by atoms with E-state index in [1.165, 1.54) is 16.2 Å². The zero-order valence-electron chi connectivity index (χ0n) is 9.98. The quantitative estimate of drug-likeness (QED) is 0.832. The number of carbonyl (C=O) groups is 1. The fourth-order valence-electron chi connectivity index (χ4n) is 2.23. The van der Waals surface area contributed by atoms with E-state index in [9.17, 15) is 4.79 Å². The van der Waals surface area contributed by atoms with Crippen LogP contribution in [0.25, 0.3) is 0 Å². The summed E-state index contributed by atoms with van der Waals surface area (Å²) in [6.45, 7) is 2.73. The van der Waals surface area contributed by atoms with Crippen LogP contribution in [0, 0.1) is 5.92 Å². The molecule has 1 aromatic rings. The van der Waals surface area contributed by atoms with Crippen molar-refractivity contribution in [3.63, 3.8) is 0 Å². The van der Waals surface area contributed by atoms with Gasteiger partial charge in [0.2, 0.25) is 5.91 Å². The van der Waals surface area contributed by atoms with Crippen LogP contribution in [-0.4, -0.2) is 35.9 Å². The van der Waals surface area contributed by atoms with Gasteiger partial charge in [0, 0.05) is 31.2 Å². The summed E-state index contributed by atoms with van der Waals surface area (Å²) in [7, 11) is 1.70. The second-order valence-corrected chi connectivity index (χ2v) is 5.50. The van der Waals surface area contributed by atoms with Gasteiger partial charge in [-0.1, -0.05) is 0 Å². The third-order valence-electron chi connectivity index (χ3n) is 3.07. The predicted molar refractivity (Wildman–Crippen MR) is 68.6 cm³/mol. The average Bonchev–Trinajstić information content (AvgIpc) is 2.74. The number of amides is 1. The van der Waals surface area contributed by atoms with E-state index in [1.807, 2.05) is 6.20 Å². The first-order valence-corrected chi connectivity index (χ1v) is 6.65. The number of aromatic nitrogens is 1. The molecule has 0 bridgehead atoms. The van der Waals surface area contributed by atoms with Crippen molar-refractivity contribution >= 4 is 22.4 Å². The molecule has 0 saturated carbocycles. The number of nitrogens with two attached hydrogens (primary N) is 1. The lowest BCUT2D eigenvalue weighted by Gasteiger charge is -2.31. The molecule has 1 aromatic heterocycles. The normalized spacial score (nSPS) is 21.4. The highest BCUT2D eigenvalue weighted by atomic mass is 32.1. The molecule has 17 heavy (non-hydrogen) atoms. The molecule has 0 aliphatic carbocycles. The number of hydrogen-bond donors (Lipinski definition) is 2. The highest BCUT2D eigenvalue weighted by Crippen LogP contribution is 2.21. The molecule has 2 heterocycles. The van der Waals surface area contributed by atoms with E-state index in [2.05, 4.69) is 15.2 Å². The van der Waals surface area contributed by atoms with E-state index in [0.717, 1.165) is 32.5 Å². The lowest BCUT2D eigenvalue weighted by atomic mass is 9.97. The molecular weight excluding hydrogens is 236 g/mol. The number of anilines is 1. The summed E-state index contributed by atoms with van der Waals surface area (Å²) >= 11 is 1.52. The maximum absolute atomic E-state index is 11.6. The fraction of sp³-hybridized carbons (Fsp3) is 0.636. The molecule has 0 spiro atoms. The summed E-state index contributed by atoms with van der Waals surface area (Å²) in [6.07, 6.45) is 3.89. The Hall–Kier alpha value is -1.14. The monoisotopic (exact) mass is 254 g/mol. The van der Waals surface area contributed by atoms with Crippen LogP contribution in [0.1, 0.15) is 17.7 Å². The molecule has 6 heteroatoms. The van der Waals surface area contributed by atoms with Gasteiger partial charge in [-0.3, -0.25) is 9.69 Å². The molecule has 1 atom stereocenters. The Bertz CT molecular complexity index is 393. The van der Waals surface area contributed by atoms with E-state index in [-0.39, 0.29) is 11.8 Å². The number of thiazole rings is 1. The first-order valence-electron chi connectivity index (χ1n) is 5.83. The summed E-state index contributed by atoms with van der Waals surface area (Å²) in [4.78, 5) is 19.1. The summed E-state index contributed by atoms with van der Waals surface area (Å²) < 4.78 is 0. The second kappa shape index (κ2) is 5.46. The van der Waals surface area contributed by atoms with E-state index < -0.39 is 0 Å². The molecule has 1 aliphatic heterocycles. The van der Waals surface area contributed by atoms with Crippen LogP contribution in [0.2, 0.25) is 0 Å². The Morgan fingerprint density at radius 3 is 3.24 bits per heavy atom. The number of rotatable bonds is 3. The number of nitrogens with zero attached hydrogens (tertiary/aromatic N) is 2. The summed E-state index contributed by atoms with van der Waals surface area (Å²) in [6, 6.07) is 0. The highest BCUT2D eigenvalue weighted by molar-refractivity contribution is 7.15. The van der Waals surface area contributed by atoms with Crippen LogP contribution in [0.15, 0.2) is 6.20 Å². The van der Waals surface area contributed by atoms with E-state index in [0.29, 0.717) is 5.13 Å². The van der Waals surface area contributed by atoms with Crippen molar-refractivity contribution in [2.24, 2.45) is 5.92 Å². The van der Waals surface area contributed by atoms with Crippen molar-refractivity contribution in [1.29, 1.82) is 0 Å². The summed E-state index contributed by atoms with van der Waals surface area (Å²) in [5.74, 6) is 0.275. The van der Waals surface area contributed by atoms with Gasteiger partial charge in [0.15, 0.2) is 5.13 Å². The summed E-state index contributed by atoms with van der Waals surface area (Å²) in [5.41, 5.74) is 5.61. The van der Waals surface area contributed by atoms with Crippen molar-refractivity contribution in [1.82, 2.24) is 15.2 Å². The Labute approximate surface area is 105 Å². The molecular formula is C11H18N4OS. The van der Waals surface area contributed by atoms with Gasteiger partial charge in [0.05, 0.1) is 5.92 Å². The molecule has 1 unspecified atom stereocenters. The minimum absolute atomic E-state index is 0.124. The van der Waals surface area contributed by atoms with Crippen LogP contribution in [0.4, 0.5) is 5.13 Å². The zero-order chi connectivity index (χ0) is 12.3. The van der Waals surface area contributed by atoms with Crippen LogP contribution in [-0.2, 0) is 11.3 Å². The number of likely N-dealkylation sites (tertiary alicyclic amines) is 1. The Kier molecular flexibility index (Phi) is 3.96. The second-order valence-electron chi connectivity index (χ2n) is 4.35. The van der Waals surface area contributed by atoms with Crippen molar-refractivity contribution < 1.29 is 4.79 Å². The molecule has 1 aliphatic rings. The average molecular weight is 254 g/mol. The van der Waals surface area contributed by atoms with Crippen molar-refractivity contribution in [2.75, 3.05) is 25.9 Å². The van der Waals surface area contributed by atoms with Crippen LogP contribution < -0.4 is 11.1 Å². The molecule has 1 amide bonds. The van der Waals surface area contributed by atoms with E-state index >= 15 is 0 Å². The highest BCUT2D eigenvalue weighted by Gasteiger charge is 2.25. The third kappa shape index (κ3) is 3.17. The number of piperidine rings is 1. The lowest BCUT2D eigenvalue weighted by Crippen LogP contribution is -2.41. The standard InChI is InChI=1S/C11H18N4OS/c1-13-10(16)8-3-2-4-15(6-8)7-9-5-14-11(12)17-9/h5,8H,2-4,6-7H2,1H3,(H2,12,14)(H,13,16). The fourth-order valence-corrected chi connectivity index (χ4v) is 2.96. The van der Waals surface area contributed by atoms with E-state index in [1.54, 1.807) is 7.05 Å². The largest absolute Gasteiger partial charge is 0.375 e. The van der Waals surface area contributed by atoms with Crippen LogP contribution in [0.5, 0.6) is 0 Å². The first-order chi connectivity index (χ1) is 8.19. The van der Waals surface area contributed by atoms with Crippen LogP contribution in [0.3, 0.4) is 0 Å². The minimum atomic E-state index is 0.124. The number of carbonyl (C=O) groups excluding carboxylic acids is 1. The van der Waals surface area contributed by atoms with Gasteiger partial charge < -0.3 is 11.1 Å². The molecule has 1 saturated heterocycles. The van der Waals surface area contributed by atoms with Gasteiger partial charge >= 0.3 is 0 Å². The number of nitrogens with one attached hydrogen (secondary N) is 1. The Balaban J connectivity index is 1.91. The molecule has 0 radical (unpaired) electrons.